The van der Waals surface area contributed by atoms with Gasteiger partial charge in [-0.2, -0.15) is 0 Å². The predicted octanol–water partition coefficient (Wildman–Crippen LogP) is 4.58. The van der Waals surface area contributed by atoms with Crippen LogP contribution in [0.5, 0.6) is 17.2 Å². The molecule has 178 valence electrons. The van der Waals surface area contributed by atoms with Gasteiger partial charge in [0.1, 0.15) is 28.0 Å². The zero-order chi connectivity index (χ0) is 25.0. The maximum Gasteiger partial charge on any atom is 0.303 e. The Bertz CT molecular complexity index is 1330. The van der Waals surface area contributed by atoms with Gasteiger partial charge in [-0.15, -0.1) is 0 Å². The summed E-state index contributed by atoms with van der Waals surface area (Å²) in [6.45, 7) is 3.46. The molecule has 8 nitrogen and oxygen atoms in total. The number of nitrogens with one attached hydrogen (secondary N) is 1. The molecule has 0 aliphatic carbocycles. The third-order valence-corrected chi connectivity index (χ3v) is 6.67. The molecule has 0 aromatic heterocycles. The van der Waals surface area contributed by atoms with Crippen LogP contribution in [0.1, 0.15) is 24.0 Å². The number of aromatic hydroxyl groups is 1. The number of carboxylic acids is 1. The number of anilines is 1. The second-order valence-electron chi connectivity index (χ2n) is 7.57. The molecule has 0 atom stereocenters. The number of rotatable bonds is 8. The van der Waals surface area contributed by atoms with Crippen LogP contribution in [-0.4, -0.2) is 30.5 Å². The number of aryl methyl sites for hydroxylation is 2. The SMILES string of the molecule is Cc1cc(NC(=O)CCC(=O)O)cc(C)c1Oc1ccc(O)c(S(=O)(=O)c2ccc(F)cc2)c1. The second-order valence-corrected chi connectivity index (χ2v) is 9.49. The van der Waals surface area contributed by atoms with Crippen LogP contribution in [0.15, 0.2) is 64.4 Å². The average molecular weight is 488 g/mol. The maximum absolute atomic E-state index is 13.2. The Kier molecular flexibility index (Phi) is 7.21. The Labute approximate surface area is 195 Å². The van der Waals surface area contributed by atoms with Gasteiger partial charge in [0.05, 0.1) is 11.3 Å². The molecule has 3 N–H and O–H groups in total. The van der Waals surface area contributed by atoms with Crippen molar-refractivity contribution in [2.24, 2.45) is 0 Å². The van der Waals surface area contributed by atoms with E-state index in [-0.39, 0.29) is 23.5 Å². The second kappa shape index (κ2) is 9.92. The van der Waals surface area contributed by atoms with E-state index in [2.05, 4.69) is 5.32 Å². The van der Waals surface area contributed by atoms with Gasteiger partial charge in [-0.3, -0.25) is 9.59 Å². The molecule has 0 saturated carbocycles. The van der Waals surface area contributed by atoms with E-state index in [1.54, 1.807) is 26.0 Å². The van der Waals surface area contributed by atoms with E-state index in [4.69, 9.17) is 9.84 Å². The third-order valence-electron chi connectivity index (χ3n) is 4.87. The molecule has 34 heavy (non-hydrogen) atoms. The number of phenolic OH excluding ortho intramolecular Hbond substituents is 1. The lowest BCUT2D eigenvalue weighted by atomic mass is 10.1. The molecule has 0 radical (unpaired) electrons. The molecule has 3 rings (SSSR count). The molecule has 0 unspecified atom stereocenters. The van der Waals surface area contributed by atoms with Crippen molar-refractivity contribution in [2.75, 3.05) is 5.32 Å². The standard InChI is InChI=1S/C24H22FNO7S/c1-14-11-17(26-22(28)9-10-23(29)30)12-15(2)24(14)33-18-5-8-20(27)21(13-18)34(31,32)19-6-3-16(25)4-7-19/h3-8,11-13,27H,9-10H2,1-2H3,(H,26,28)(H,29,30). The van der Waals surface area contributed by atoms with Crippen molar-refractivity contribution in [3.05, 3.63) is 71.5 Å². The van der Waals surface area contributed by atoms with E-state index in [0.717, 1.165) is 24.3 Å². The molecule has 0 spiro atoms. The van der Waals surface area contributed by atoms with Crippen molar-refractivity contribution in [3.63, 3.8) is 0 Å². The largest absolute Gasteiger partial charge is 0.507 e. The number of benzene rings is 3. The Morgan fingerprint density at radius 2 is 1.59 bits per heavy atom. The highest BCUT2D eigenvalue weighted by Gasteiger charge is 2.23. The first-order valence-corrected chi connectivity index (χ1v) is 11.6. The number of hydrogen-bond donors (Lipinski definition) is 3. The fourth-order valence-corrected chi connectivity index (χ4v) is 4.62. The third kappa shape index (κ3) is 5.70. The van der Waals surface area contributed by atoms with Crippen LogP contribution in [0.2, 0.25) is 0 Å². The molecule has 1 amide bonds. The number of carbonyl (C=O) groups is 2. The van der Waals surface area contributed by atoms with Crippen molar-refractivity contribution in [1.82, 2.24) is 0 Å². The van der Waals surface area contributed by atoms with Crippen LogP contribution in [-0.2, 0) is 19.4 Å². The summed E-state index contributed by atoms with van der Waals surface area (Å²) in [5.41, 5.74) is 1.72. The molecule has 0 aliphatic heterocycles. The van der Waals surface area contributed by atoms with Crippen LogP contribution in [0.3, 0.4) is 0 Å². The highest BCUT2D eigenvalue weighted by molar-refractivity contribution is 7.91. The summed E-state index contributed by atoms with van der Waals surface area (Å²) in [5.74, 6) is -2.02. The minimum absolute atomic E-state index is 0.142. The summed E-state index contributed by atoms with van der Waals surface area (Å²) >= 11 is 0. The van der Waals surface area contributed by atoms with Crippen LogP contribution < -0.4 is 10.1 Å². The molecule has 0 fully saturated rings. The summed E-state index contributed by atoms with van der Waals surface area (Å²) in [7, 11) is -4.14. The number of ether oxygens (including phenoxy) is 1. The quantitative estimate of drug-likeness (QED) is 0.397. The van der Waals surface area contributed by atoms with Crippen molar-refractivity contribution in [2.45, 2.75) is 36.5 Å². The van der Waals surface area contributed by atoms with Gasteiger partial charge in [-0.1, -0.05) is 0 Å². The lowest BCUT2D eigenvalue weighted by Crippen LogP contribution is -2.13. The smallest absolute Gasteiger partial charge is 0.303 e. The topological polar surface area (TPSA) is 130 Å². The number of carboxylic acid groups (broad SMARTS) is 1. The van der Waals surface area contributed by atoms with Crippen molar-refractivity contribution in [1.29, 1.82) is 0 Å². The minimum Gasteiger partial charge on any atom is -0.507 e. The Morgan fingerprint density at radius 1 is 0.971 bits per heavy atom. The van der Waals surface area contributed by atoms with Crippen LogP contribution in [0.25, 0.3) is 0 Å². The molecule has 0 saturated heterocycles. The monoisotopic (exact) mass is 487 g/mol. The van der Waals surface area contributed by atoms with E-state index in [9.17, 15) is 27.5 Å². The fraction of sp³-hybridized carbons (Fsp3) is 0.167. The van der Waals surface area contributed by atoms with E-state index in [1.807, 2.05) is 0 Å². The van der Waals surface area contributed by atoms with Crippen LogP contribution in [0, 0.1) is 19.7 Å². The van der Waals surface area contributed by atoms with Gasteiger partial charge in [0, 0.05) is 18.2 Å². The molecule has 3 aromatic rings. The minimum atomic E-state index is -4.14. The summed E-state index contributed by atoms with van der Waals surface area (Å²) < 4.78 is 45.0. The zero-order valence-corrected chi connectivity index (χ0v) is 19.1. The Balaban J connectivity index is 1.87. The van der Waals surface area contributed by atoms with Crippen LogP contribution in [0.4, 0.5) is 10.1 Å². The lowest BCUT2D eigenvalue weighted by molar-refractivity contribution is -0.138. The van der Waals surface area contributed by atoms with Gasteiger partial charge in [-0.05, 0) is 73.5 Å². The van der Waals surface area contributed by atoms with Gasteiger partial charge < -0.3 is 20.3 Å². The number of halogens is 1. The molecular formula is C24H22FNO7S. The average Bonchev–Trinajstić information content (AvgIpc) is 2.76. The highest BCUT2D eigenvalue weighted by Crippen LogP contribution is 2.36. The summed E-state index contributed by atoms with van der Waals surface area (Å²) in [4.78, 5) is 21.9. The van der Waals surface area contributed by atoms with Gasteiger partial charge in [0.2, 0.25) is 15.7 Å². The number of hydrogen-bond acceptors (Lipinski definition) is 6. The lowest BCUT2D eigenvalue weighted by Gasteiger charge is -2.15. The number of aliphatic carboxylic acids is 1. The van der Waals surface area contributed by atoms with E-state index < -0.39 is 38.2 Å². The zero-order valence-electron chi connectivity index (χ0n) is 18.3. The first-order chi connectivity index (χ1) is 16.0. The Hall–Kier alpha value is -3.92. The van der Waals surface area contributed by atoms with Gasteiger partial charge in [0.25, 0.3) is 0 Å². The van der Waals surface area contributed by atoms with Gasteiger partial charge >= 0.3 is 5.97 Å². The van der Waals surface area contributed by atoms with Crippen molar-refractivity contribution in [3.8, 4) is 17.2 Å². The number of carbonyl (C=O) groups excluding carboxylic acids is 1. The predicted molar refractivity (Wildman–Crippen MR) is 121 cm³/mol. The van der Waals surface area contributed by atoms with Gasteiger partial charge in [-0.25, -0.2) is 12.8 Å². The van der Waals surface area contributed by atoms with Gasteiger partial charge in [0.15, 0.2) is 0 Å². The van der Waals surface area contributed by atoms with Crippen molar-refractivity contribution < 1.29 is 37.3 Å². The van der Waals surface area contributed by atoms with E-state index >= 15 is 0 Å². The maximum atomic E-state index is 13.2. The van der Waals surface area contributed by atoms with E-state index in [0.29, 0.717) is 22.6 Å². The van der Waals surface area contributed by atoms with Crippen LogP contribution >= 0.6 is 0 Å². The number of phenols is 1. The summed E-state index contributed by atoms with van der Waals surface area (Å²) in [5, 5.41) is 21.5. The molecule has 10 heteroatoms. The first kappa shape index (κ1) is 24.7. The fourth-order valence-electron chi connectivity index (χ4n) is 3.26. The molecule has 3 aromatic carbocycles. The highest BCUT2D eigenvalue weighted by atomic mass is 32.2. The van der Waals surface area contributed by atoms with Crippen molar-refractivity contribution >= 4 is 27.4 Å². The molecule has 0 bridgehead atoms. The molecular weight excluding hydrogens is 465 g/mol. The summed E-state index contributed by atoms with van der Waals surface area (Å²) in [6, 6.07) is 11.3. The number of amides is 1. The molecule has 0 aliphatic rings. The van der Waals surface area contributed by atoms with E-state index in [1.165, 1.54) is 18.2 Å². The molecule has 0 heterocycles. The number of sulfone groups is 1. The summed E-state index contributed by atoms with van der Waals surface area (Å²) in [6.07, 6.45) is -0.445. The first-order valence-electron chi connectivity index (χ1n) is 10.1. The Morgan fingerprint density at radius 3 is 2.18 bits per heavy atom. The normalized spacial score (nSPS) is 11.1.